The van der Waals surface area contributed by atoms with Crippen molar-refractivity contribution < 1.29 is 9.47 Å². The smallest absolute Gasteiger partial charge is 0.228 e. The fourth-order valence-electron chi connectivity index (χ4n) is 3.00. The van der Waals surface area contributed by atoms with Crippen molar-refractivity contribution in [2.24, 2.45) is 0 Å². The Balaban J connectivity index is 1.63. The summed E-state index contributed by atoms with van der Waals surface area (Å²) in [4.78, 5) is 15.5. The van der Waals surface area contributed by atoms with Crippen molar-refractivity contribution in [1.82, 2.24) is 19.5 Å². The number of hydrogen-bond acceptors (Lipinski definition) is 6. The van der Waals surface area contributed by atoms with Crippen LogP contribution in [-0.2, 0) is 11.3 Å². The summed E-state index contributed by atoms with van der Waals surface area (Å²) in [6.45, 7) is 3.41. The van der Waals surface area contributed by atoms with Gasteiger partial charge in [0.15, 0.2) is 0 Å². The highest BCUT2D eigenvalue weighted by Gasteiger charge is 2.25. The van der Waals surface area contributed by atoms with Crippen LogP contribution < -0.4 is 9.64 Å². The van der Waals surface area contributed by atoms with Crippen molar-refractivity contribution in [3.63, 3.8) is 0 Å². The van der Waals surface area contributed by atoms with E-state index in [0.717, 1.165) is 44.2 Å². The summed E-state index contributed by atoms with van der Waals surface area (Å²) in [5.74, 6) is 2.98. The van der Waals surface area contributed by atoms with Crippen molar-refractivity contribution in [3.8, 4) is 5.88 Å². The first-order valence-electron chi connectivity index (χ1n) is 7.93. The minimum Gasteiger partial charge on any atom is -0.481 e. The zero-order valence-electron chi connectivity index (χ0n) is 13.7. The van der Waals surface area contributed by atoms with Crippen molar-refractivity contribution in [2.75, 3.05) is 38.8 Å². The van der Waals surface area contributed by atoms with Crippen LogP contribution in [0.25, 0.3) is 0 Å². The Morgan fingerprint density at radius 2 is 2.00 bits per heavy atom. The lowest BCUT2D eigenvalue weighted by molar-refractivity contribution is 0.185. The highest BCUT2D eigenvalue weighted by Crippen LogP contribution is 2.28. The normalized spacial score (nSPS) is 15.8. The molecular formula is C16H23N5O2. The quantitative estimate of drug-likeness (QED) is 0.808. The van der Waals surface area contributed by atoms with Gasteiger partial charge in [-0.2, -0.15) is 4.98 Å². The molecule has 1 fully saturated rings. The second kappa shape index (κ2) is 7.41. The van der Waals surface area contributed by atoms with Crippen LogP contribution in [0.15, 0.2) is 24.7 Å². The maximum absolute atomic E-state index is 5.18. The molecule has 0 aliphatic carbocycles. The molecule has 0 N–H and O–H groups in total. The van der Waals surface area contributed by atoms with Crippen LogP contribution >= 0.6 is 0 Å². The molecule has 0 bridgehead atoms. The van der Waals surface area contributed by atoms with E-state index in [4.69, 9.17) is 9.47 Å². The average Bonchev–Trinajstić information content (AvgIpc) is 3.08. The van der Waals surface area contributed by atoms with E-state index in [9.17, 15) is 0 Å². The van der Waals surface area contributed by atoms with Crippen molar-refractivity contribution in [1.29, 1.82) is 0 Å². The molecule has 23 heavy (non-hydrogen) atoms. The minimum atomic E-state index is 0.476. The lowest BCUT2D eigenvalue weighted by Crippen LogP contribution is -2.35. The maximum atomic E-state index is 5.18. The van der Waals surface area contributed by atoms with E-state index in [0.29, 0.717) is 18.4 Å². The molecule has 0 atom stereocenters. The molecule has 7 nitrogen and oxygen atoms in total. The Morgan fingerprint density at radius 3 is 2.74 bits per heavy atom. The molecular weight excluding hydrogens is 294 g/mol. The Morgan fingerprint density at radius 1 is 1.17 bits per heavy atom. The lowest BCUT2D eigenvalue weighted by Gasteiger charge is -2.31. The Hall–Kier alpha value is -2.15. The number of imidazole rings is 1. The van der Waals surface area contributed by atoms with Gasteiger partial charge < -0.3 is 18.9 Å². The second-order valence-electron chi connectivity index (χ2n) is 5.63. The van der Waals surface area contributed by atoms with Gasteiger partial charge in [0.2, 0.25) is 11.8 Å². The van der Waals surface area contributed by atoms with E-state index >= 15 is 0 Å². The molecule has 1 saturated heterocycles. The number of hydrogen-bond donors (Lipinski definition) is 0. The second-order valence-corrected chi connectivity index (χ2v) is 5.63. The molecule has 2 aromatic rings. The molecule has 124 valence electrons. The number of ether oxygens (including phenoxy) is 2. The number of methoxy groups -OCH3 is 2. The molecule has 0 aromatic carbocycles. The van der Waals surface area contributed by atoms with E-state index in [2.05, 4.69) is 24.4 Å². The van der Waals surface area contributed by atoms with Crippen LogP contribution in [-0.4, -0.2) is 53.4 Å². The average molecular weight is 317 g/mol. The zero-order valence-corrected chi connectivity index (χ0v) is 13.7. The fraction of sp³-hybridized carbons (Fsp3) is 0.562. The highest BCUT2D eigenvalue weighted by atomic mass is 16.5. The number of aromatic nitrogens is 4. The van der Waals surface area contributed by atoms with Crippen LogP contribution in [0.5, 0.6) is 5.88 Å². The SMILES string of the molecule is COCCn1ccnc1C1CCN(c2nccc(OC)n2)CC1. The standard InChI is InChI=1S/C16H23N5O2/c1-22-12-11-20-10-7-17-15(20)13-4-8-21(9-5-13)16-18-6-3-14(19-16)23-2/h3,6-7,10,13H,4-5,8-9,11-12H2,1-2H3. The molecule has 0 spiro atoms. The third-order valence-corrected chi connectivity index (χ3v) is 4.25. The molecule has 0 unspecified atom stereocenters. The topological polar surface area (TPSA) is 65.3 Å². The largest absolute Gasteiger partial charge is 0.481 e. The number of rotatable bonds is 6. The van der Waals surface area contributed by atoms with E-state index in [1.807, 2.05) is 12.4 Å². The monoisotopic (exact) mass is 317 g/mol. The summed E-state index contributed by atoms with van der Waals surface area (Å²) in [5.41, 5.74) is 0. The predicted octanol–water partition coefficient (Wildman–Crippen LogP) is 1.71. The molecule has 0 amide bonds. The summed E-state index contributed by atoms with van der Waals surface area (Å²) in [6, 6.07) is 1.77. The summed E-state index contributed by atoms with van der Waals surface area (Å²) < 4.78 is 12.5. The van der Waals surface area contributed by atoms with Crippen molar-refractivity contribution in [3.05, 3.63) is 30.5 Å². The molecule has 0 saturated carbocycles. The Labute approximate surface area is 136 Å². The summed E-state index contributed by atoms with van der Waals surface area (Å²) in [6.07, 6.45) is 7.74. The van der Waals surface area contributed by atoms with Gasteiger partial charge in [-0.1, -0.05) is 0 Å². The predicted molar refractivity (Wildman–Crippen MR) is 86.9 cm³/mol. The van der Waals surface area contributed by atoms with Gasteiger partial charge in [-0.15, -0.1) is 0 Å². The maximum Gasteiger partial charge on any atom is 0.228 e. The van der Waals surface area contributed by atoms with Gasteiger partial charge in [-0.25, -0.2) is 9.97 Å². The van der Waals surface area contributed by atoms with Gasteiger partial charge in [0.05, 0.1) is 13.7 Å². The number of nitrogens with zero attached hydrogens (tertiary/aromatic N) is 5. The van der Waals surface area contributed by atoms with E-state index in [1.165, 1.54) is 0 Å². The van der Waals surface area contributed by atoms with Gasteiger partial charge in [-0.3, -0.25) is 0 Å². The molecule has 3 heterocycles. The molecule has 3 rings (SSSR count). The summed E-state index contributed by atoms with van der Waals surface area (Å²) in [5, 5.41) is 0. The van der Waals surface area contributed by atoms with Crippen LogP contribution in [0.2, 0.25) is 0 Å². The first kappa shape index (κ1) is 15.7. The Bertz CT molecular complexity index is 622. The third kappa shape index (κ3) is 3.61. The molecule has 2 aromatic heterocycles. The zero-order chi connectivity index (χ0) is 16.1. The van der Waals surface area contributed by atoms with E-state index in [1.54, 1.807) is 26.5 Å². The summed E-state index contributed by atoms with van der Waals surface area (Å²) >= 11 is 0. The van der Waals surface area contributed by atoms with Crippen LogP contribution in [0, 0.1) is 0 Å². The van der Waals surface area contributed by atoms with E-state index < -0.39 is 0 Å². The Kier molecular flexibility index (Phi) is 5.07. The molecule has 1 aliphatic rings. The van der Waals surface area contributed by atoms with Gasteiger partial charge in [0.25, 0.3) is 0 Å². The van der Waals surface area contributed by atoms with Gasteiger partial charge >= 0.3 is 0 Å². The summed E-state index contributed by atoms with van der Waals surface area (Å²) in [7, 11) is 3.35. The molecule has 0 radical (unpaired) electrons. The van der Waals surface area contributed by atoms with Crippen LogP contribution in [0.4, 0.5) is 5.95 Å². The number of anilines is 1. The van der Waals surface area contributed by atoms with Crippen molar-refractivity contribution in [2.45, 2.75) is 25.3 Å². The van der Waals surface area contributed by atoms with Crippen LogP contribution in [0.3, 0.4) is 0 Å². The van der Waals surface area contributed by atoms with Gasteiger partial charge in [0, 0.05) is 57.3 Å². The van der Waals surface area contributed by atoms with Gasteiger partial charge in [-0.05, 0) is 12.8 Å². The first-order chi connectivity index (χ1) is 11.3. The highest BCUT2D eigenvalue weighted by molar-refractivity contribution is 5.33. The third-order valence-electron chi connectivity index (χ3n) is 4.25. The minimum absolute atomic E-state index is 0.476. The van der Waals surface area contributed by atoms with Crippen LogP contribution in [0.1, 0.15) is 24.6 Å². The fourth-order valence-corrected chi connectivity index (χ4v) is 3.00. The van der Waals surface area contributed by atoms with Gasteiger partial charge in [0.1, 0.15) is 5.82 Å². The lowest BCUT2D eigenvalue weighted by atomic mass is 9.96. The number of piperidine rings is 1. The molecule has 1 aliphatic heterocycles. The van der Waals surface area contributed by atoms with E-state index in [-0.39, 0.29) is 0 Å². The first-order valence-corrected chi connectivity index (χ1v) is 7.93. The molecule has 7 heteroatoms. The van der Waals surface area contributed by atoms with Crippen molar-refractivity contribution >= 4 is 5.95 Å².